The third-order valence-corrected chi connectivity index (χ3v) is 2.97. The molecule has 0 atom stereocenters. The van der Waals surface area contributed by atoms with Crippen molar-refractivity contribution >= 4 is 17.5 Å². The second kappa shape index (κ2) is 7.40. The van der Waals surface area contributed by atoms with E-state index in [1.807, 2.05) is 0 Å². The molecule has 0 saturated heterocycles. The monoisotopic (exact) mass is 336 g/mol. The largest absolute Gasteiger partial charge is 0.493 e. The molecule has 8 heteroatoms. The normalized spacial score (nSPS) is 10.1. The van der Waals surface area contributed by atoms with Crippen LogP contribution in [0.15, 0.2) is 36.4 Å². The topological polar surface area (TPSA) is 90.7 Å². The van der Waals surface area contributed by atoms with Crippen molar-refractivity contribution in [1.29, 1.82) is 0 Å². The first kappa shape index (κ1) is 17.2. The summed E-state index contributed by atoms with van der Waals surface area (Å²) < 4.78 is 36.3. The number of hydrogen-bond acceptors (Lipinski definition) is 4. The second-order valence-electron chi connectivity index (χ2n) is 4.70. The highest BCUT2D eigenvalue weighted by molar-refractivity contribution is 6.04. The molecule has 0 aliphatic rings. The van der Waals surface area contributed by atoms with E-state index in [9.17, 15) is 18.4 Å². The molecular formula is C16H14F2N2O4. The van der Waals surface area contributed by atoms with Crippen LogP contribution in [0.25, 0.3) is 0 Å². The van der Waals surface area contributed by atoms with Gasteiger partial charge in [0, 0.05) is 17.3 Å². The van der Waals surface area contributed by atoms with Gasteiger partial charge in [-0.05, 0) is 30.3 Å². The molecule has 0 radical (unpaired) electrons. The Labute approximate surface area is 136 Å². The van der Waals surface area contributed by atoms with Gasteiger partial charge in [-0.3, -0.25) is 9.59 Å². The van der Waals surface area contributed by atoms with E-state index in [0.29, 0.717) is 0 Å². The molecule has 2 rings (SSSR count). The number of rotatable bonds is 6. The van der Waals surface area contributed by atoms with Crippen LogP contribution in [0, 0.1) is 11.6 Å². The Kier molecular flexibility index (Phi) is 5.31. The lowest BCUT2D eigenvalue weighted by Gasteiger charge is -2.11. The van der Waals surface area contributed by atoms with Gasteiger partial charge in [0.1, 0.15) is 0 Å². The maximum absolute atomic E-state index is 13.2. The number of carbonyl (C=O) groups is 2. The Morgan fingerprint density at radius 2 is 1.83 bits per heavy atom. The van der Waals surface area contributed by atoms with Crippen LogP contribution in [0.4, 0.5) is 14.5 Å². The zero-order valence-corrected chi connectivity index (χ0v) is 12.6. The van der Waals surface area contributed by atoms with Gasteiger partial charge in [-0.2, -0.15) is 0 Å². The number of primary amides is 1. The highest BCUT2D eigenvalue weighted by Gasteiger charge is 2.13. The molecule has 2 aromatic rings. The maximum Gasteiger partial charge on any atom is 0.255 e. The molecule has 6 nitrogen and oxygen atoms in total. The third-order valence-electron chi connectivity index (χ3n) is 2.97. The summed E-state index contributed by atoms with van der Waals surface area (Å²) in [5.74, 6) is -2.83. The summed E-state index contributed by atoms with van der Waals surface area (Å²) >= 11 is 0. The van der Waals surface area contributed by atoms with Crippen LogP contribution in [0.5, 0.6) is 11.5 Å². The number of hydrogen-bond donors (Lipinski definition) is 2. The molecule has 3 N–H and O–H groups in total. The molecule has 24 heavy (non-hydrogen) atoms. The smallest absolute Gasteiger partial charge is 0.255 e. The van der Waals surface area contributed by atoms with Crippen molar-refractivity contribution in [2.75, 3.05) is 19.0 Å². The third kappa shape index (κ3) is 4.19. The van der Waals surface area contributed by atoms with Crippen LogP contribution < -0.4 is 20.5 Å². The number of ether oxygens (including phenoxy) is 2. The number of nitrogens with two attached hydrogens (primary N) is 1. The van der Waals surface area contributed by atoms with Crippen LogP contribution in [0.1, 0.15) is 10.4 Å². The summed E-state index contributed by atoms with van der Waals surface area (Å²) in [4.78, 5) is 22.9. The molecule has 126 valence electrons. The van der Waals surface area contributed by atoms with E-state index < -0.39 is 23.4 Å². The van der Waals surface area contributed by atoms with E-state index in [1.165, 1.54) is 31.4 Å². The molecule has 0 bridgehead atoms. The van der Waals surface area contributed by atoms with E-state index in [-0.39, 0.29) is 29.4 Å². The van der Waals surface area contributed by atoms with Crippen LogP contribution in [0.3, 0.4) is 0 Å². The first-order chi connectivity index (χ1) is 11.4. The van der Waals surface area contributed by atoms with Gasteiger partial charge in [0.2, 0.25) is 0 Å². The molecule has 2 amide bonds. The van der Waals surface area contributed by atoms with Gasteiger partial charge in [0.05, 0.1) is 7.11 Å². The van der Waals surface area contributed by atoms with Crippen LogP contribution >= 0.6 is 0 Å². The Morgan fingerprint density at radius 1 is 1.08 bits per heavy atom. The summed E-state index contributed by atoms with van der Waals surface area (Å²) in [6.07, 6.45) is 0. The summed E-state index contributed by atoms with van der Waals surface area (Å²) in [7, 11) is 1.36. The Balaban J connectivity index is 2.16. The van der Waals surface area contributed by atoms with Gasteiger partial charge < -0.3 is 20.5 Å². The fourth-order valence-corrected chi connectivity index (χ4v) is 1.85. The zero-order chi connectivity index (χ0) is 17.7. The highest BCUT2D eigenvalue weighted by atomic mass is 19.2. The van der Waals surface area contributed by atoms with Gasteiger partial charge >= 0.3 is 0 Å². The number of amides is 2. The molecule has 0 unspecified atom stereocenters. The van der Waals surface area contributed by atoms with E-state index in [1.54, 1.807) is 0 Å². The van der Waals surface area contributed by atoms with E-state index in [4.69, 9.17) is 15.2 Å². The summed E-state index contributed by atoms with van der Waals surface area (Å²) in [5, 5.41) is 2.43. The average Bonchev–Trinajstić information content (AvgIpc) is 2.56. The lowest BCUT2D eigenvalue weighted by Crippen LogP contribution is -2.20. The van der Waals surface area contributed by atoms with Crippen molar-refractivity contribution in [1.82, 2.24) is 0 Å². The van der Waals surface area contributed by atoms with Gasteiger partial charge in [0.15, 0.2) is 29.7 Å². The highest BCUT2D eigenvalue weighted by Crippen LogP contribution is 2.28. The molecule has 2 aromatic carbocycles. The van der Waals surface area contributed by atoms with E-state index >= 15 is 0 Å². The lowest BCUT2D eigenvalue weighted by molar-refractivity contribution is -0.119. The minimum Gasteiger partial charge on any atom is -0.493 e. The molecule has 0 saturated carbocycles. The van der Waals surface area contributed by atoms with Crippen molar-refractivity contribution in [3.05, 3.63) is 53.6 Å². The standard InChI is InChI=1S/C16H14F2N2O4/c1-23-14-6-9(2-5-13(14)24-8-15(19)21)16(22)20-10-3-4-11(17)12(18)7-10/h2-7H,8H2,1H3,(H2,19,21)(H,20,22). The minimum atomic E-state index is -1.07. The Hall–Kier alpha value is -3.16. The summed E-state index contributed by atoms with van der Waals surface area (Å²) in [6.45, 7) is -0.337. The van der Waals surface area contributed by atoms with E-state index in [0.717, 1.165) is 12.1 Å². The maximum atomic E-state index is 13.2. The molecular weight excluding hydrogens is 322 g/mol. The second-order valence-corrected chi connectivity index (χ2v) is 4.70. The number of benzene rings is 2. The number of anilines is 1. The lowest BCUT2D eigenvalue weighted by atomic mass is 10.1. The Morgan fingerprint density at radius 3 is 2.46 bits per heavy atom. The molecule has 0 heterocycles. The fraction of sp³-hybridized carbons (Fsp3) is 0.125. The summed E-state index contributed by atoms with van der Waals surface area (Å²) in [6, 6.07) is 7.25. The average molecular weight is 336 g/mol. The zero-order valence-electron chi connectivity index (χ0n) is 12.6. The quantitative estimate of drug-likeness (QED) is 0.845. The number of nitrogens with one attached hydrogen (secondary N) is 1. The van der Waals surface area contributed by atoms with Gasteiger partial charge in [-0.25, -0.2) is 8.78 Å². The number of methoxy groups -OCH3 is 1. The van der Waals surface area contributed by atoms with Crippen LogP contribution in [-0.4, -0.2) is 25.5 Å². The number of halogens is 2. The molecule has 0 aliphatic carbocycles. The van der Waals surface area contributed by atoms with Crippen molar-refractivity contribution in [3.63, 3.8) is 0 Å². The Bertz CT molecular complexity index is 781. The molecule has 0 aliphatic heterocycles. The predicted molar refractivity (Wildman–Crippen MR) is 82.0 cm³/mol. The fourth-order valence-electron chi connectivity index (χ4n) is 1.85. The molecule has 0 spiro atoms. The first-order valence-corrected chi connectivity index (χ1v) is 6.76. The van der Waals surface area contributed by atoms with Crippen LogP contribution in [-0.2, 0) is 4.79 Å². The van der Waals surface area contributed by atoms with Crippen molar-refractivity contribution in [2.24, 2.45) is 5.73 Å². The molecule has 0 fully saturated rings. The predicted octanol–water partition coefficient (Wildman–Crippen LogP) is 2.09. The first-order valence-electron chi connectivity index (χ1n) is 6.76. The molecule has 0 aromatic heterocycles. The SMILES string of the molecule is COc1cc(C(=O)Nc2ccc(F)c(F)c2)ccc1OCC(N)=O. The van der Waals surface area contributed by atoms with Gasteiger partial charge in [-0.1, -0.05) is 0 Å². The van der Waals surface area contributed by atoms with Crippen LogP contribution in [0.2, 0.25) is 0 Å². The van der Waals surface area contributed by atoms with Crippen molar-refractivity contribution < 1.29 is 27.8 Å². The van der Waals surface area contributed by atoms with E-state index in [2.05, 4.69) is 5.32 Å². The summed E-state index contributed by atoms with van der Waals surface area (Å²) in [5.41, 5.74) is 5.29. The van der Waals surface area contributed by atoms with Crippen molar-refractivity contribution in [2.45, 2.75) is 0 Å². The van der Waals surface area contributed by atoms with Gasteiger partial charge in [-0.15, -0.1) is 0 Å². The van der Waals surface area contributed by atoms with Crippen molar-refractivity contribution in [3.8, 4) is 11.5 Å². The van der Waals surface area contributed by atoms with Gasteiger partial charge in [0.25, 0.3) is 11.8 Å². The minimum absolute atomic E-state index is 0.104. The number of carbonyl (C=O) groups excluding carboxylic acids is 2.